The minimum absolute atomic E-state index is 1.63. The van der Waals surface area contributed by atoms with E-state index >= 15 is 0 Å². The molecule has 0 bridgehead atoms. The van der Waals surface area contributed by atoms with Crippen LogP contribution in [-0.2, 0) is 8.85 Å². The van der Waals surface area contributed by atoms with Gasteiger partial charge in [0.05, 0.1) is 0 Å². The summed E-state index contributed by atoms with van der Waals surface area (Å²) in [5.41, 5.74) is 9.19. The van der Waals surface area contributed by atoms with Crippen LogP contribution in [0.3, 0.4) is 0 Å². The predicted octanol–water partition coefficient (Wildman–Crippen LogP) is 1.41. The molecule has 0 aliphatic heterocycles. The van der Waals surface area contributed by atoms with Crippen LogP contribution in [0.2, 0.25) is 13.1 Å². The molecule has 0 spiro atoms. The molecule has 2 nitrogen and oxygen atoms in total. The third-order valence-corrected chi connectivity index (χ3v) is 6.89. The second kappa shape index (κ2) is 5.18. The summed E-state index contributed by atoms with van der Waals surface area (Å²) in [5.74, 6) is 0. The maximum atomic E-state index is 5.38. The summed E-state index contributed by atoms with van der Waals surface area (Å²) < 4.78 is 10.6. The summed E-state index contributed by atoms with van der Waals surface area (Å²) in [6.45, 7) is 3.87. The van der Waals surface area contributed by atoms with E-state index in [-0.39, 0.29) is 0 Å². The van der Waals surface area contributed by atoms with Gasteiger partial charge >= 0.3 is 8.56 Å². The number of rotatable bonds is 4. The summed E-state index contributed by atoms with van der Waals surface area (Å²) in [6.07, 6.45) is 10.8. The third kappa shape index (κ3) is 3.53. The zero-order valence-corrected chi connectivity index (χ0v) is 11.1. The van der Waals surface area contributed by atoms with E-state index in [1.807, 2.05) is 24.5 Å². The van der Waals surface area contributed by atoms with Gasteiger partial charge in [-0.1, -0.05) is 5.70 Å². The van der Waals surface area contributed by atoms with Gasteiger partial charge in [-0.2, -0.15) is 0 Å². The van der Waals surface area contributed by atoms with Crippen LogP contribution in [0, 0.1) is 23.9 Å². The lowest BCUT2D eigenvalue weighted by Crippen LogP contribution is -2.36. The van der Waals surface area contributed by atoms with E-state index in [4.69, 9.17) is 21.7 Å². The van der Waals surface area contributed by atoms with Crippen molar-refractivity contribution in [2.45, 2.75) is 13.1 Å². The normalized spacial score (nSPS) is 12.4. The topological polar surface area (TPSA) is 18.5 Å². The lowest BCUT2D eigenvalue weighted by atomic mass is 11.2. The van der Waals surface area contributed by atoms with Crippen LogP contribution in [0.25, 0.3) is 0 Å². The third-order valence-electron chi connectivity index (χ3n) is 2.13. The van der Waals surface area contributed by atoms with Crippen LogP contribution in [0.4, 0.5) is 0 Å². The van der Waals surface area contributed by atoms with Crippen molar-refractivity contribution in [3.05, 3.63) is 11.4 Å². The van der Waals surface area contributed by atoms with Gasteiger partial charge in [-0.15, -0.1) is 23.9 Å². The Kier molecular flexibility index (Phi) is 4.89. The number of hydrogen-bond donors (Lipinski definition) is 0. The molecule has 0 N–H and O–H groups in total. The molecule has 0 aromatic rings. The first-order chi connectivity index (χ1) is 6.45. The van der Waals surface area contributed by atoms with Gasteiger partial charge in [0.2, 0.25) is 8.07 Å². The first-order valence-corrected chi connectivity index (χ1v) is 9.18. The van der Waals surface area contributed by atoms with E-state index in [1.54, 1.807) is 14.2 Å². The lowest BCUT2D eigenvalue weighted by molar-refractivity contribution is 0.264. The Labute approximate surface area is 88.6 Å². The molecule has 0 saturated heterocycles. The summed E-state index contributed by atoms with van der Waals surface area (Å²) in [6, 6.07) is 0. The van der Waals surface area contributed by atoms with Gasteiger partial charge in [-0.3, -0.25) is 0 Å². The molecule has 0 rings (SSSR count). The smallest absolute Gasteiger partial charge is 0.360 e. The molecule has 0 aromatic heterocycles. The molecule has 4 heteroatoms. The Balaban J connectivity index is 4.76. The molecule has 0 fully saturated rings. The summed E-state index contributed by atoms with van der Waals surface area (Å²) in [5, 5.41) is 0. The Morgan fingerprint density at radius 2 is 1.43 bits per heavy atom. The highest BCUT2D eigenvalue weighted by Crippen LogP contribution is 2.09. The largest absolute Gasteiger partial charge is 0.395 e. The maximum Gasteiger partial charge on any atom is 0.360 e. The molecule has 0 amide bonds. The van der Waals surface area contributed by atoms with Crippen LogP contribution >= 0.6 is 0 Å². The predicted molar refractivity (Wildman–Crippen MR) is 64.1 cm³/mol. The van der Waals surface area contributed by atoms with Crippen molar-refractivity contribution >= 4 is 16.6 Å². The highest BCUT2D eigenvalue weighted by atomic mass is 28.4. The van der Waals surface area contributed by atoms with E-state index in [0.717, 1.165) is 0 Å². The molecule has 76 valence electrons. The molecule has 14 heavy (non-hydrogen) atoms. The molecule has 0 aromatic carbocycles. The summed E-state index contributed by atoms with van der Waals surface area (Å²) in [4.78, 5) is 0. The highest BCUT2D eigenvalue weighted by Gasteiger charge is 2.27. The number of terminal acetylenes is 2. The number of hydrogen-bond acceptors (Lipinski definition) is 2. The van der Waals surface area contributed by atoms with Gasteiger partial charge in [0.25, 0.3) is 0 Å². The molecule has 0 saturated carbocycles. The first kappa shape index (κ1) is 13.2. The monoisotopic (exact) mass is 224 g/mol. The van der Waals surface area contributed by atoms with Crippen LogP contribution < -0.4 is 0 Å². The first-order valence-electron chi connectivity index (χ1n) is 4.21. The summed E-state index contributed by atoms with van der Waals surface area (Å²) in [7, 11) is -1.01. The molecule has 0 radical (unpaired) electrons. The Morgan fingerprint density at radius 1 is 1.00 bits per heavy atom. The van der Waals surface area contributed by atoms with Crippen molar-refractivity contribution in [3.63, 3.8) is 0 Å². The Bertz CT molecular complexity index is 278. The fourth-order valence-corrected chi connectivity index (χ4v) is 3.93. The summed E-state index contributed by atoms with van der Waals surface area (Å²) >= 11 is 0. The van der Waals surface area contributed by atoms with E-state index < -0.39 is 16.6 Å². The van der Waals surface area contributed by atoms with Crippen LogP contribution in [0.15, 0.2) is 11.4 Å². The average molecular weight is 224 g/mol. The van der Waals surface area contributed by atoms with Gasteiger partial charge in [0.15, 0.2) is 0 Å². The van der Waals surface area contributed by atoms with Crippen molar-refractivity contribution in [1.29, 1.82) is 0 Å². The van der Waals surface area contributed by atoms with Gasteiger partial charge in [0.1, 0.15) is 0 Å². The molecule has 0 aliphatic carbocycles. The van der Waals surface area contributed by atoms with E-state index in [0.29, 0.717) is 0 Å². The van der Waals surface area contributed by atoms with Crippen molar-refractivity contribution in [1.82, 2.24) is 0 Å². The van der Waals surface area contributed by atoms with Crippen molar-refractivity contribution < 1.29 is 8.85 Å². The maximum absolute atomic E-state index is 5.38. The standard InChI is InChI=1S/C10H16O2Si2/c1-7-13(5,8-2)9-10-14(6,11-3)12-4/h1-2,9-10H,3-6H3. The fraction of sp³-hybridized carbons (Fsp3) is 0.400. The van der Waals surface area contributed by atoms with Crippen molar-refractivity contribution in [2.75, 3.05) is 14.2 Å². The van der Waals surface area contributed by atoms with E-state index in [9.17, 15) is 0 Å². The lowest BCUT2D eigenvalue weighted by Gasteiger charge is -2.19. The molecular formula is C10H16O2Si2. The second-order valence-electron chi connectivity index (χ2n) is 3.25. The molecular weight excluding hydrogens is 208 g/mol. The second-order valence-corrected chi connectivity index (χ2v) is 9.75. The Hall–Kier alpha value is -0.786. The van der Waals surface area contributed by atoms with Gasteiger partial charge in [-0.05, 0) is 18.8 Å². The zero-order valence-electron chi connectivity index (χ0n) is 9.13. The van der Waals surface area contributed by atoms with E-state index in [1.165, 1.54) is 0 Å². The van der Waals surface area contributed by atoms with Gasteiger partial charge in [-0.25, -0.2) is 0 Å². The van der Waals surface area contributed by atoms with Crippen molar-refractivity contribution in [2.24, 2.45) is 0 Å². The molecule has 0 heterocycles. The zero-order chi connectivity index (χ0) is 11.2. The highest BCUT2D eigenvalue weighted by molar-refractivity contribution is 6.98. The quantitative estimate of drug-likeness (QED) is 0.531. The van der Waals surface area contributed by atoms with Gasteiger partial charge < -0.3 is 8.85 Å². The molecule has 0 aliphatic rings. The minimum Gasteiger partial charge on any atom is -0.395 e. The van der Waals surface area contributed by atoms with E-state index in [2.05, 4.69) is 11.1 Å². The average Bonchev–Trinajstić information content (AvgIpc) is 2.25. The molecule has 0 atom stereocenters. The van der Waals surface area contributed by atoms with Crippen LogP contribution in [0.5, 0.6) is 0 Å². The SMILES string of the molecule is C#C[Si](C)(C#C)C=C[Si](C)(OC)OC. The fourth-order valence-electron chi connectivity index (χ4n) is 0.675. The molecule has 0 unspecified atom stereocenters. The van der Waals surface area contributed by atoms with Crippen LogP contribution in [0.1, 0.15) is 0 Å². The van der Waals surface area contributed by atoms with Crippen LogP contribution in [-0.4, -0.2) is 30.9 Å². The van der Waals surface area contributed by atoms with Gasteiger partial charge in [0, 0.05) is 14.2 Å². The minimum atomic E-state index is -2.18. The van der Waals surface area contributed by atoms with Crippen molar-refractivity contribution in [3.8, 4) is 23.9 Å². The Morgan fingerprint density at radius 3 is 1.71 bits per heavy atom.